The average molecular weight is 474 g/mol. The Morgan fingerprint density at radius 2 is 1.79 bits per heavy atom. The second-order valence-electron chi connectivity index (χ2n) is 8.91. The van der Waals surface area contributed by atoms with E-state index in [1.165, 1.54) is 7.11 Å². The van der Waals surface area contributed by atoms with Gasteiger partial charge in [-0.1, -0.05) is 36.6 Å². The molecule has 1 aliphatic carbocycles. The van der Waals surface area contributed by atoms with E-state index >= 15 is 0 Å². The number of piperazine rings is 1. The summed E-state index contributed by atoms with van der Waals surface area (Å²) < 4.78 is 6.82. The first kappa shape index (κ1) is 23.6. The lowest BCUT2D eigenvalue weighted by Gasteiger charge is -2.35. The lowest BCUT2D eigenvalue weighted by molar-refractivity contribution is -0.126. The average Bonchev–Trinajstić information content (AvgIpc) is 3.47. The van der Waals surface area contributed by atoms with E-state index in [1.807, 2.05) is 29.2 Å². The van der Waals surface area contributed by atoms with E-state index in [0.29, 0.717) is 36.1 Å². The van der Waals surface area contributed by atoms with Gasteiger partial charge in [0, 0.05) is 57.5 Å². The number of nitrogens with zero attached hydrogens (tertiary/aromatic N) is 4. The van der Waals surface area contributed by atoms with Crippen LogP contribution < -0.4 is 10.1 Å². The number of hydrogen-bond donors (Lipinski definition) is 1. The highest BCUT2D eigenvalue weighted by Gasteiger charge is 2.42. The van der Waals surface area contributed by atoms with Gasteiger partial charge in [0.05, 0.1) is 12.5 Å². The summed E-state index contributed by atoms with van der Waals surface area (Å²) in [6, 6.07) is 7.71. The Morgan fingerprint density at radius 3 is 2.42 bits per heavy atom. The molecule has 4 rings (SSSR count). The van der Waals surface area contributed by atoms with Gasteiger partial charge in [-0.15, -0.1) is 5.10 Å². The van der Waals surface area contributed by atoms with Gasteiger partial charge >= 0.3 is 0 Å². The third kappa shape index (κ3) is 5.01. The molecule has 0 spiro atoms. The summed E-state index contributed by atoms with van der Waals surface area (Å²) in [5.74, 6) is 0.410. The number of aromatic nitrogens is 2. The van der Waals surface area contributed by atoms with Crippen molar-refractivity contribution >= 4 is 23.4 Å². The van der Waals surface area contributed by atoms with Crippen LogP contribution in [0.4, 0.5) is 0 Å². The zero-order valence-electron chi connectivity index (χ0n) is 19.3. The summed E-state index contributed by atoms with van der Waals surface area (Å²) in [5.41, 5.74) is 1.10. The van der Waals surface area contributed by atoms with Crippen molar-refractivity contribution in [1.82, 2.24) is 24.9 Å². The number of methoxy groups -OCH3 is 1. The molecular weight excluding hydrogens is 442 g/mol. The quantitative estimate of drug-likeness (QED) is 0.668. The van der Waals surface area contributed by atoms with Gasteiger partial charge < -0.3 is 15.0 Å². The third-order valence-corrected chi connectivity index (χ3v) is 7.13. The fraction of sp³-hybridized carbons (Fsp3) is 0.542. The maximum absolute atomic E-state index is 13.2. The standard InChI is InChI=1S/C24H32ClN5O3/c1-28-17-20(21(27-28)33-2)22(31)30-15-13-29(14-16-30)12-11-26-23(32)24(9-3-4-10-24)18-5-7-19(25)8-6-18/h5-8,17H,3-4,9-16H2,1-2H3,(H,26,32). The van der Waals surface area contributed by atoms with Crippen LogP contribution in [0, 0.1) is 0 Å². The van der Waals surface area contributed by atoms with Gasteiger partial charge in [0.15, 0.2) is 0 Å². The number of ether oxygens (including phenoxy) is 1. The smallest absolute Gasteiger partial charge is 0.261 e. The molecule has 33 heavy (non-hydrogen) atoms. The van der Waals surface area contributed by atoms with Crippen molar-refractivity contribution in [1.29, 1.82) is 0 Å². The molecule has 2 amide bonds. The molecule has 0 atom stereocenters. The first-order valence-corrected chi connectivity index (χ1v) is 11.9. The summed E-state index contributed by atoms with van der Waals surface area (Å²) in [6.45, 7) is 4.18. The fourth-order valence-corrected chi connectivity index (χ4v) is 5.13. The topological polar surface area (TPSA) is 79.7 Å². The molecule has 1 saturated heterocycles. The van der Waals surface area contributed by atoms with Crippen molar-refractivity contribution in [2.24, 2.45) is 7.05 Å². The minimum absolute atomic E-state index is 0.0564. The molecule has 1 aromatic heterocycles. The van der Waals surface area contributed by atoms with Crippen LogP contribution in [0.15, 0.2) is 30.5 Å². The number of aryl methyl sites for hydroxylation is 1. The Bertz CT molecular complexity index is 976. The number of carbonyl (C=O) groups is 2. The highest BCUT2D eigenvalue weighted by atomic mass is 35.5. The SMILES string of the molecule is COc1nn(C)cc1C(=O)N1CCN(CCNC(=O)C2(c3ccc(Cl)cc3)CCCC2)CC1. The van der Waals surface area contributed by atoms with Crippen LogP contribution >= 0.6 is 11.6 Å². The van der Waals surface area contributed by atoms with Crippen molar-refractivity contribution in [3.8, 4) is 5.88 Å². The maximum atomic E-state index is 13.2. The third-order valence-electron chi connectivity index (χ3n) is 6.88. The van der Waals surface area contributed by atoms with Crippen LogP contribution in [0.3, 0.4) is 0 Å². The van der Waals surface area contributed by atoms with Crippen molar-refractivity contribution in [2.45, 2.75) is 31.1 Å². The zero-order valence-corrected chi connectivity index (χ0v) is 20.1. The number of halogens is 1. The van der Waals surface area contributed by atoms with Crippen molar-refractivity contribution < 1.29 is 14.3 Å². The molecule has 2 heterocycles. The molecule has 0 bridgehead atoms. The number of benzene rings is 1. The van der Waals surface area contributed by atoms with Crippen molar-refractivity contribution in [3.05, 3.63) is 46.6 Å². The molecule has 0 unspecified atom stereocenters. The Morgan fingerprint density at radius 1 is 1.12 bits per heavy atom. The van der Waals surface area contributed by atoms with Crippen molar-refractivity contribution in [3.63, 3.8) is 0 Å². The van der Waals surface area contributed by atoms with Crippen LogP contribution in [0.2, 0.25) is 5.02 Å². The van der Waals surface area contributed by atoms with Crippen LogP contribution in [-0.4, -0.2) is 77.8 Å². The van der Waals surface area contributed by atoms with E-state index in [1.54, 1.807) is 17.9 Å². The normalized spacial score (nSPS) is 18.3. The molecule has 1 aliphatic heterocycles. The van der Waals surface area contributed by atoms with Crippen LogP contribution in [-0.2, 0) is 17.3 Å². The van der Waals surface area contributed by atoms with E-state index < -0.39 is 5.41 Å². The maximum Gasteiger partial charge on any atom is 0.261 e. The molecule has 1 saturated carbocycles. The second kappa shape index (κ2) is 10.1. The summed E-state index contributed by atoms with van der Waals surface area (Å²) in [5, 5.41) is 8.04. The number of hydrogen-bond acceptors (Lipinski definition) is 5. The molecule has 2 aromatic rings. The first-order valence-electron chi connectivity index (χ1n) is 11.6. The molecule has 2 aliphatic rings. The summed E-state index contributed by atoms with van der Waals surface area (Å²) in [7, 11) is 3.29. The van der Waals surface area contributed by atoms with E-state index in [4.69, 9.17) is 16.3 Å². The van der Waals surface area contributed by atoms with Gasteiger partial charge in [-0.25, -0.2) is 0 Å². The Kier molecular flexibility index (Phi) is 7.24. The minimum Gasteiger partial charge on any atom is -0.479 e. The predicted molar refractivity (Wildman–Crippen MR) is 127 cm³/mol. The van der Waals surface area contributed by atoms with Gasteiger partial charge in [0.25, 0.3) is 5.91 Å². The summed E-state index contributed by atoms with van der Waals surface area (Å²) in [6.07, 6.45) is 5.57. The molecule has 1 N–H and O–H groups in total. The number of amides is 2. The Hall–Kier alpha value is -2.58. The van der Waals surface area contributed by atoms with Gasteiger partial charge in [-0.2, -0.15) is 0 Å². The van der Waals surface area contributed by atoms with E-state index in [-0.39, 0.29) is 11.8 Å². The summed E-state index contributed by atoms with van der Waals surface area (Å²) >= 11 is 6.05. The Balaban J connectivity index is 1.27. The van der Waals surface area contributed by atoms with Gasteiger partial charge in [0.1, 0.15) is 5.56 Å². The summed E-state index contributed by atoms with van der Waals surface area (Å²) in [4.78, 5) is 30.2. The van der Waals surface area contributed by atoms with Crippen LogP contribution in [0.25, 0.3) is 0 Å². The Labute approximate surface area is 199 Å². The monoisotopic (exact) mass is 473 g/mol. The molecule has 1 aromatic carbocycles. The lowest BCUT2D eigenvalue weighted by Crippen LogP contribution is -2.51. The van der Waals surface area contributed by atoms with Gasteiger partial charge in [-0.05, 0) is 30.5 Å². The van der Waals surface area contributed by atoms with Gasteiger partial charge in [-0.3, -0.25) is 19.2 Å². The van der Waals surface area contributed by atoms with Crippen LogP contribution in [0.1, 0.15) is 41.6 Å². The van der Waals surface area contributed by atoms with Gasteiger partial charge in [0.2, 0.25) is 11.8 Å². The highest BCUT2D eigenvalue weighted by Crippen LogP contribution is 2.41. The molecule has 8 nitrogen and oxygen atoms in total. The second-order valence-corrected chi connectivity index (χ2v) is 9.35. The number of rotatable bonds is 7. The number of carbonyl (C=O) groups excluding carboxylic acids is 2. The molecular formula is C24H32ClN5O3. The van der Waals surface area contributed by atoms with E-state index in [0.717, 1.165) is 50.9 Å². The largest absolute Gasteiger partial charge is 0.479 e. The lowest BCUT2D eigenvalue weighted by atomic mass is 9.78. The first-order chi connectivity index (χ1) is 15.9. The molecule has 9 heteroatoms. The fourth-order valence-electron chi connectivity index (χ4n) is 5.00. The minimum atomic E-state index is -0.446. The van der Waals surface area contributed by atoms with Crippen LogP contribution in [0.5, 0.6) is 5.88 Å². The van der Waals surface area contributed by atoms with Crippen molar-refractivity contribution in [2.75, 3.05) is 46.4 Å². The zero-order chi connectivity index (χ0) is 23.4. The molecule has 2 fully saturated rings. The number of nitrogens with one attached hydrogen (secondary N) is 1. The predicted octanol–water partition coefficient (Wildman–Crippen LogP) is 2.47. The highest BCUT2D eigenvalue weighted by molar-refractivity contribution is 6.30. The molecule has 0 radical (unpaired) electrons. The van der Waals surface area contributed by atoms with E-state index in [2.05, 4.69) is 15.3 Å². The van der Waals surface area contributed by atoms with E-state index in [9.17, 15) is 9.59 Å². The molecule has 178 valence electrons.